The van der Waals surface area contributed by atoms with Crippen LogP contribution in [0.15, 0.2) is 30.5 Å². The number of rotatable bonds is 4. The number of aromatic nitrogens is 2. The third kappa shape index (κ3) is 2.44. The van der Waals surface area contributed by atoms with Gasteiger partial charge in [-0.3, -0.25) is 9.48 Å². The van der Waals surface area contributed by atoms with Crippen molar-refractivity contribution in [3.8, 4) is 0 Å². The van der Waals surface area contributed by atoms with Crippen molar-refractivity contribution in [3.63, 3.8) is 0 Å². The quantitative estimate of drug-likeness (QED) is 0.848. The van der Waals surface area contributed by atoms with Crippen molar-refractivity contribution in [2.45, 2.75) is 25.9 Å². The SMILES string of the molecule is Cn1nccc1CCC(=O)c1ccc2c(c1)CNC2. The summed E-state index contributed by atoms with van der Waals surface area (Å²) in [6.07, 6.45) is 3.04. The Labute approximate surface area is 112 Å². The predicted octanol–water partition coefficient (Wildman–Crippen LogP) is 1.84. The number of benzene rings is 1. The Morgan fingerprint density at radius 1 is 1.32 bits per heavy atom. The van der Waals surface area contributed by atoms with E-state index >= 15 is 0 Å². The molecule has 1 aliphatic rings. The molecule has 1 aliphatic heterocycles. The summed E-state index contributed by atoms with van der Waals surface area (Å²) in [6.45, 7) is 1.79. The number of nitrogens with zero attached hydrogens (tertiary/aromatic N) is 2. The van der Waals surface area contributed by atoms with E-state index in [9.17, 15) is 4.79 Å². The fraction of sp³-hybridized carbons (Fsp3) is 0.333. The highest BCUT2D eigenvalue weighted by Gasteiger charge is 2.13. The maximum Gasteiger partial charge on any atom is 0.163 e. The standard InChI is InChI=1S/C15H17N3O/c1-18-14(6-7-17-18)4-5-15(19)11-2-3-12-9-16-10-13(12)8-11/h2-3,6-8,16H,4-5,9-10H2,1H3. The number of hydrogen-bond acceptors (Lipinski definition) is 3. The third-order valence-corrected chi connectivity index (χ3v) is 3.69. The van der Waals surface area contributed by atoms with Crippen molar-refractivity contribution in [3.05, 3.63) is 52.8 Å². The first-order valence-corrected chi connectivity index (χ1v) is 6.56. The van der Waals surface area contributed by atoms with Crippen molar-refractivity contribution >= 4 is 5.78 Å². The summed E-state index contributed by atoms with van der Waals surface area (Å²) in [7, 11) is 1.90. The smallest absolute Gasteiger partial charge is 0.163 e. The second-order valence-corrected chi connectivity index (χ2v) is 4.96. The van der Waals surface area contributed by atoms with Crippen LogP contribution >= 0.6 is 0 Å². The Morgan fingerprint density at radius 2 is 2.16 bits per heavy atom. The summed E-state index contributed by atoms with van der Waals surface area (Å²) in [5.74, 6) is 0.205. The van der Waals surface area contributed by atoms with Gasteiger partial charge < -0.3 is 5.32 Å². The molecular formula is C15H17N3O. The molecular weight excluding hydrogens is 238 g/mol. The number of carbonyl (C=O) groups is 1. The number of nitrogens with one attached hydrogen (secondary N) is 1. The van der Waals surface area contributed by atoms with Gasteiger partial charge in [-0.25, -0.2) is 0 Å². The molecule has 1 aromatic heterocycles. The summed E-state index contributed by atoms with van der Waals surface area (Å²) in [5.41, 5.74) is 4.48. The second kappa shape index (κ2) is 4.97. The van der Waals surface area contributed by atoms with Gasteiger partial charge in [-0.15, -0.1) is 0 Å². The number of aryl methyl sites for hydroxylation is 2. The average molecular weight is 255 g/mol. The number of Topliss-reactive ketones (excluding diaryl/α,β-unsaturated/α-hetero) is 1. The Morgan fingerprint density at radius 3 is 2.95 bits per heavy atom. The molecule has 98 valence electrons. The summed E-state index contributed by atoms with van der Waals surface area (Å²) in [6, 6.07) is 7.99. The minimum Gasteiger partial charge on any atom is -0.309 e. The summed E-state index contributed by atoms with van der Waals surface area (Å²) < 4.78 is 1.82. The van der Waals surface area contributed by atoms with Gasteiger partial charge in [0.25, 0.3) is 0 Å². The first-order chi connectivity index (χ1) is 9.24. The van der Waals surface area contributed by atoms with Crippen molar-refractivity contribution in [2.75, 3.05) is 0 Å². The molecule has 4 nitrogen and oxygen atoms in total. The number of carbonyl (C=O) groups excluding carboxylic acids is 1. The van der Waals surface area contributed by atoms with Crippen molar-refractivity contribution in [1.29, 1.82) is 0 Å². The molecule has 19 heavy (non-hydrogen) atoms. The maximum absolute atomic E-state index is 12.2. The molecule has 0 amide bonds. The van der Waals surface area contributed by atoms with Crippen molar-refractivity contribution in [1.82, 2.24) is 15.1 Å². The van der Waals surface area contributed by atoms with Crippen LogP contribution in [0.4, 0.5) is 0 Å². The topological polar surface area (TPSA) is 46.9 Å². The molecule has 3 rings (SSSR count). The first kappa shape index (κ1) is 12.1. The summed E-state index contributed by atoms with van der Waals surface area (Å²) in [5, 5.41) is 7.40. The molecule has 1 N–H and O–H groups in total. The van der Waals surface area contributed by atoms with E-state index in [1.165, 1.54) is 11.1 Å². The Hall–Kier alpha value is -1.94. The number of ketones is 1. The molecule has 0 spiro atoms. The lowest BCUT2D eigenvalue weighted by Gasteiger charge is -2.04. The largest absolute Gasteiger partial charge is 0.309 e. The number of fused-ring (bicyclic) bond motifs is 1. The highest BCUT2D eigenvalue weighted by molar-refractivity contribution is 5.96. The fourth-order valence-corrected chi connectivity index (χ4v) is 2.50. The number of hydrogen-bond donors (Lipinski definition) is 1. The highest BCUT2D eigenvalue weighted by atomic mass is 16.1. The van der Waals surface area contributed by atoms with E-state index < -0.39 is 0 Å². The fourth-order valence-electron chi connectivity index (χ4n) is 2.50. The van der Waals surface area contributed by atoms with Crippen LogP contribution < -0.4 is 5.32 Å². The average Bonchev–Trinajstić information content (AvgIpc) is 3.03. The summed E-state index contributed by atoms with van der Waals surface area (Å²) >= 11 is 0. The van der Waals surface area contributed by atoms with E-state index in [0.29, 0.717) is 6.42 Å². The molecule has 2 heterocycles. The lowest BCUT2D eigenvalue weighted by Crippen LogP contribution is -2.05. The summed E-state index contributed by atoms with van der Waals surface area (Å²) in [4.78, 5) is 12.2. The van der Waals surface area contributed by atoms with Crippen molar-refractivity contribution < 1.29 is 4.79 Å². The minimum atomic E-state index is 0.205. The Bertz CT molecular complexity index is 616. The molecule has 2 aromatic rings. The van der Waals surface area contributed by atoms with Gasteiger partial charge in [0.05, 0.1) is 0 Å². The molecule has 0 atom stereocenters. The zero-order chi connectivity index (χ0) is 13.2. The molecule has 0 saturated heterocycles. The molecule has 4 heteroatoms. The van der Waals surface area contributed by atoms with Gasteiger partial charge in [0.1, 0.15) is 0 Å². The van der Waals surface area contributed by atoms with E-state index in [2.05, 4.69) is 16.5 Å². The molecule has 0 unspecified atom stereocenters. The molecule has 0 saturated carbocycles. The van der Waals surface area contributed by atoms with Crippen LogP contribution in [0, 0.1) is 0 Å². The van der Waals surface area contributed by atoms with E-state index in [4.69, 9.17) is 0 Å². The minimum absolute atomic E-state index is 0.205. The van der Waals surface area contributed by atoms with Crippen LogP contribution in [0.5, 0.6) is 0 Å². The molecule has 0 aliphatic carbocycles. The normalized spacial score (nSPS) is 13.5. The van der Waals surface area contributed by atoms with Crippen LogP contribution in [0.2, 0.25) is 0 Å². The zero-order valence-corrected chi connectivity index (χ0v) is 11.0. The molecule has 1 aromatic carbocycles. The van der Waals surface area contributed by atoms with Crippen LogP contribution in [-0.2, 0) is 26.6 Å². The Kier molecular flexibility index (Phi) is 3.17. The maximum atomic E-state index is 12.2. The Balaban J connectivity index is 1.69. The molecule has 0 fully saturated rings. The van der Waals surface area contributed by atoms with Gasteiger partial charge in [-0.05, 0) is 29.7 Å². The van der Waals surface area contributed by atoms with E-state index in [0.717, 1.165) is 30.8 Å². The van der Waals surface area contributed by atoms with E-state index in [-0.39, 0.29) is 5.78 Å². The van der Waals surface area contributed by atoms with E-state index in [1.54, 1.807) is 6.20 Å². The van der Waals surface area contributed by atoms with E-state index in [1.807, 2.05) is 29.9 Å². The highest BCUT2D eigenvalue weighted by Crippen LogP contribution is 2.18. The first-order valence-electron chi connectivity index (χ1n) is 6.56. The van der Waals surface area contributed by atoms with Crippen LogP contribution in [-0.4, -0.2) is 15.6 Å². The van der Waals surface area contributed by atoms with Crippen LogP contribution in [0.3, 0.4) is 0 Å². The molecule has 0 bridgehead atoms. The monoisotopic (exact) mass is 255 g/mol. The molecule has 0 radical (unpaired) electrons. The van der Waals surface area contributed by atoms with Gasteiger partial charge in [0.2, 0.25) is 0 Å². The zero-order valence-electron chi connectivity index (χ0n) is 11.0. The second-order valence-electron chi connectivity index (χ2n) is 4.96. The van der Waals surface area contributed by atoms with Gasteiger partial charge in [0, 0.05) is 44.0 Å². The predicted molar refractivity (Wildman–Crippen MR) is 72.8 cm³/mol. The van der Waals surface area contributed by atoms with Crippen LogP contribution in [0.1, 0.15) is 33.6 Å². The van der Waals surface area contributed by atoms with Gasteiger partial charge >= 0.3 is 0 Å². The van der Waals surface area contributed by atoms with Gasteiger partial charge in [-0.1, -0.05) is 12.1 Å². The van der Waals surface area contributed by atoms with Gasteiger partial charge in [-0.2, -0.15) is 5.10 Å². The van der Waals surface area contributed by atoms with Crippen LogP contribution in [0.25, 0.3) is 0 Å². The lowest BCUT2D eigenvalue weighted by molar-refractivity contribution is 0.0982. The van der Waals surface area contributed by atoms with Crippen molar-refractivity contribution in [2.24, 2.45) is 7.05 Å². The third-order valence-electron chi connectivity index (χ3n) is 3.69. The lowest BCUT2D eigenvalue weighted by atomic mass is 10.0. The van der Waals surface area contributed by atoms with Gasteiger partial charge in [0.15, 0.2) is 5.78 Å².